The summed E-state index contributed by atoms with van der Waals surface area (Å²) in [7, 11) is -3.72. The van der Waals surface area contributed by atoms with Crippen molar-refractivity contribution >= 4 is 44.3 Å². The number of nitro groups is 1. The Balaban J connectivity index is 1.88. The van der Waals surface area contributed by atoms with Gasteiger partial charge >= 0.3 is 0 Å². The number of rotatable bonds is 9. The summed E-state index contributed by atoms with van der Waals surface area (Å²) >= 11 is 6.23. The molecule has 11 heteroatoms. The van der Waals surface area contributed by atoms with Gasteiger partial charge < -0.3 is 4.57 Å². The first-order valence-corrected chi connectivity index (χ1v) is 12.1. The van der Waals surface area contributed by atoms with Crippen molar-refractivity contribution < 1.29 is 18.1 Å². The molecule has 0 bridgehead atoms. The molecule has 2 aromatic carbocycles. The second-order valence-corrected chi connectivity index (χ2v) is 9.69. The van der Waals surface area contributed by atoms with Gasteiger partial charge in [-0.3, -0.25) is 14.9 Å². The lowest BCUT2D eigenvalue weighted by atomic mass is 10.1. The minimum atomic E-state index is -3.72. The minimum absolute atomic E-state index is 0.106. The van der Waals surface area contributed by atoms with Gasteiger partial charge in [-0.25, -0.2) is 18.1 Å². The summed E-state index contributed by atoms with van der Waals surface area (Å²) in [6, 6.07) is 8.98. The van der Waals surface area contributed by atoms with Crippen LogP contribution in [0.4, 0.5) is 5.69 Å². The molecule has 3 aromatic rings. The maximum atomic E-state index is 12.6. The van der Waals surface area contributed by atoms with Crippen molar-refractivity contribution in [2.45, 2.75) is 39.7 Å². The first kappa shape index (κ1) is 23.7. The van der Waals surface area contributed by atoms with Crippen molar-refractivity contribution in [2.75, 3.05) is 5.75 Å². The maximum Gasteiger partial charge on any atom is 0.270 e. The average molecular weight is 479 g/mol. The fourth-order valence-corrected chi connectivity index (χ4v) is 4.65. The van der Waals surface area contributed by atoms with Gasteiger partial charge in [0.1, 0.15) is 5.82 Å². The molecule has 0 fully saturated rings. The number of hydrogen-bond acceptors (Lipinski definition) is 6. The molecule has 0 aliphatic heterocycles. The van der Waals surface area contributed by atoms with E-state index in [4.69, 9.17) is 11.6 Å². The first-order chi connectivity index (χ1) is 15.1. The normalized spacial score (nSPS) is 11.6. The van der Waals surface area contributed by atoms with Crippen molar-refractivity contribution in [3.8, 4) is 0 Å². The average Bonchev–Trinajstić information content (AvgIpc) is 3.03. The number of aromatic nitrogens is 2. The number of nitrogens with one attached hydrogen (secondary N) is 1. The van der Waals surface area contributed by atoms with Crippen LogP contribution in [0.5, 0.6) is 0 Å². The molecule has 0 aliphatic rings. The number of sulfonamides is 1. The molecular formula is C21H23ClN4O5S. The summed E-state index contributed by atoms with van der Waals surface area (Å²) in [4.78, 5) is 27.5. The van der Waals surface area contributed by atoms with Gasteiger partial charge in [-0.15, -0.1) is 0 Å². The number of amides is 1. The molecule has 1 aromatic heterocycles. The van der Waals surface area contributed by atoms with Gasteiger partial charge in [-0.2, -0.15) is 0 Å². The summed E-state index contributed by atoms with van der Waals surface area (Å²) < 4.78 is 28.3. The number of nitro benzene ring substituents is 1. The van der Waals surface area contributed by atoms with Crippen LogP contribution < -0.4 is 4.72 Å². The SMILES string of the molecule is CCCCCS(=O)(=O)NC(=O)c1ccc2nc(C)n(Cc3ccc([N+](=O)[O-])cc3Cl)c2c1. The number of benzene rings is 2. The van der Waals surface area contributed by atoms with E-state index in [-0.39, 0.29) is 28.6 Å². The van der Waals surface area contributed by atoms with Gasteiger partial charge in [0.25, 0.3) is 11.6 Å². The second kappa shape index (κ2) is 9.66. The Kier molecular flexibility index (Phi) is 7.15. The molecule has 32 heavy (non-hydrogen) atoms. The highest BCUT2D eigenvalue weighted by atomic mass is 35.5. The summed E-state index contributed by atoms with van der Waals surface area (Å²) in [5.41, 5.74) is 1.97. The number of carbonyl (C=O) groups excluding carboxylic acids is 1. The van der Waals surface area contributed by atoms with Gasteiger partial charge in [0, 0.05) is 17.7 Å². The third-order valence-electron chi connectivity index (χ3n) is 5.04. The highest BCUT2D eigenvalue weighted by molar-refractivity contribution is 7.90. The smallest absolute Gasteiger partial charge is 0.270 e. The zero-order valence-corrected chi connectivity index (χ0v) is 19.2. The summed E-state index contributed by atoms with van der Waals surface area (Å²) in [5.74, 6) is -0.161. The number of nitrogens with zero attached hydrogens (tertiary/aromatic N) is 3. The molecule has 0 atom stereocenters. The molecule has 0 saturated carbocycles. The molecular weight excluding hydrogens is 456 g/mol. The van der Waals surface area contributed by atoms with E-state index in [1.165, 1.54) is 18.2 Å². The fraction of sp³-hybridized carbons (Fsp3) is 0.333. The Morgan fingerprint density at radius 3 is 2.62 bits per heavy atom. The van der Waals surface area contributed by atoms with Crippen molar-refractivity contribution in [1.82, 2.24) is 14.3 Å². The third kappa shape index (κ3) is 5.43. The predicted octanol–water partition coefficient (Wildman–Crippen LogP) is 4.20. The largest absolute Gasteiger partial charge is 0.324 e. The molecule has 0 aliphatic carbocycles. The lowest BCUT2D eigenvalue weighted by Gasteiger charge is -2.10. The quantitative estimate of drug-likeness (QED) is 0.279. The van der Waals surface area contributed by atoms with Crippen LogP contribution in [0.2, 0.25) is 5.02 Å². The van der Waals surface area contributed by atoms with E-state index in [1.807, 2.05) is 11.5 Å². The van der Waals surface area contributed by atoms with E-state index in [2.05, 4.69) is 9.71 Å². The van der Waals surface area contributed by atoms with Crippen LogP contribution in [0.3, 0.4) is 0 Å². The standard InChI is InChI=1S/C21H23ClN4O5S/c1-3-4-5-10-32(30,31)24-21(27)15-7-9-19-20(11-15)25(14(2)23-19)13-16-6-8-17(26(28)29)12-18(16)22/h6-9,11-12H,3-5,10,13H2,1-2H3,(H,24,27). The van der Waals surface area contributed by atoms with Crippen LogP contribution in [-0.2, 0) is 16.6 Å². The van der Waals surface area contributed by atoms with Crippen LogP contribution in [0.1, 0.15) is 47.9 Å². The number of carbonyl (C=O) groups is 1. The van der Waals surface area contributed by atoms with E-state index >= 15 is 0 Å². The van der Waals surface area contributed by atoms with Crippen molar-refractivity contribution in [2.24, 2.45) is 0 Å². The van der Waals surface area contributed by atoms with Gasteiger partial charge in [-0.05, 0) is 43.2 Å². The Morgan fingerprint density at radius 1 is 1.22 bits per heavy atom. The minimum Gasteiger partial charge on any atom is -0.324 e. The molecule has 3 rings (SSSR count). The molecule has 1 N–H and O–H groups in total. The lowest BCUT2D eigenvalue weighted by Crippen LogP contribution is -2.32. The van der Waals surface area contributed by atoms with Gasteiger partial charge in [0.05, 0.1) is 33.3 Å². The second-order valence-electron chi connectivity index (χ2n) is 7.44. The number of hydrogen-bond donors (Lipinski definition) is 1. The van der Waals surface area contributed by atoms with Crippen LogP contribution >= 0.6 is 11.6 Å². The molecule has 1 heterocycles. The summed E-state index contributed by atoms with van der Waals surface area (Å²) in [5, 5.41) is 11.2. The molecule has 9 nitrogen and oxygen atoms in total. The number of non-ortho nitro benzene ring substituents is 1. The maximum absolute atomic E-state index is 12.6. The van der Waals surface area contributed by atoms with Crippen LogP contribution in [-0.4, -0.2) is 34.6 Å². The van der Waals surface area contributed by atoms with Gasteiger partial charge in [0.15, 0.2) is 0 Å². The fourth-order valence-electron chi connectivity index (χ4n) is 3.33. The Labute approximate surface area is 190 Å². The number of halogens is 1. The topological polar surface area (TPSA) is 124 Å². The van der Waals surface area contributed by atoms with Gasteiger partial charge in [0.2, 0.25) is 10.0 Å². The molecule has 0 saturated heterocycles. The van der Waals surface area contributed by atoms with E-state index in [9.17, 15) is 23.3 Å². The highest BCUT2D eigenvalue weighted by Crippen LogP contribution is 2.26. The molecule has 0 spiro atoms. The number of aryl methyl sites for hydroxylation is 1. The third-order valence-corrected chi connectivity index (χ3v) is 6.72. The molecule has 170 valence electrons. The summed E-state index contributed by atoms with van der Waals surface area (Å²) in [6.45, 7) is 4.03. The number of imidazole rings is 1. The number of fused-ring (bicyclic) bond motifs is 1. The Hall–Kier alpha value is -2.98. The lowest BCUT2D eigenvalue weighted by molar-refractivity contribution is -0.384. The first-order valence-electron chi connectivity index (χ1n) is 10.1. The molecule has 1 amide bonds. The van der Waals surface area contributed by atoms with Crippen molar-refractivity contribution in [1.29, 1.82) is 0 Å². The van der Waals surface area contributed by atoms with E-state index in [0.29, 0.717) is 28.8 Å². The zero-order valence-electron chi connectivity index (χ0n) is 17.7. The molecule has 0 unspecified atom stereocenters. The Morgan fingerprint density at radius 2 is 1.97 bits per heavy atom. The van der Waals surface area contributed by atoms with Crippen LogP contribution in [0.15, 0.2) is 36.4 Å². The summed E-state index contributed by atoms with van der Waals surface area (Å²) in [6.07, 6.45) is 2.13. The van der Waals surface area contributed by atoms with E-state index in [0.717, 1.165) is 12.8 Å². The van der Waals surface area contributed by atoms with E-state index in [1.54, 1.807) is 25.1 Å². The van der Waals surface area contributed by atoms with Gasteiger partial charge in [-0.1, -0.05) is 31.4 Å². The van der Waals surface area contributed by atoms with Crippen molar-refractivity contribution in [3.63, 3.8) is 0 Å². The van der Waals surface area contributed by atoms with E-state index < -0.39 is 20.9 Å². The van der Waals surface area contributed by atoms with Crippen LogP contribution in [0.25, 0.3) is 11.0 Å². The highest BCUT2D eigenvalue weighted by Gasteiger charge is 2.18. The monoisotopic (exact) mass is 478 g/mol. The van der Waals surface area contributed by atoms with Crippen molar-refractivity contribution in [3.05, 3.63) is 68.5 Å². The Bertz CT molecular complexity index is 1290. The zero-order chi connectivity index (χ0) is 23.5. The number of unbranched alkanes of at least 4 members (excludes halogenated alkanes) is 2. The predicted molar refractivity (Wildman–Crippen MR) is 122 cm³/mol. The van der Waals surface area contributed by atoms with Crippen LogP contribution in [0, 0.1) is 17.0 Å². The molecule has 0 radical (unpaired) electrons.